The van der Waals surface area contributed by atoms with Gasteiger partial charge in [-0.15, -0.1) is 0 Å². The number of carboxylic acid groups (broad SMARTS) is 1. The Labute approximate surface area is 78.3 Å². The van der Waals surface area contributed by atoms with Crippen molar-refractivity contribution in [1.82, 2.24) is 5.32 Å². The lowest BCUT2D eigenvalue weighted by molar-refractivity contribution is -0.146. The van der Waals surface area contributed by atoms with Crippen LogP contribution in [0.4, 0.5) is 0 Å². The van der Waals surface area contributed by atoms with Crippen molar-refractivity contribution in [2.45, 2.75) is 31.9 Å². The smallest absolute Gasteiger partial charge is 0.308 e. The minimum absolute atomic E-state index is 0.205. The Bertz CT molecular complexity index is 178. The first-order valence-corrected chi connectivity index (χ1v) is 4.65. The summed E-state index contributed by atoms with van der Waals surface area (Å²) in [7, 11) is 1.57. The number of hydrogen-bond donors (Lipinski definition) is 2. The molecule has 0 unspecified atom stereocenters. The van der Waals surface area contributed by atoms with E-state index in [4.69, 9.17) is 9.84 Å². The van der Waals surface area contributed by atoms with Crippen LogP contribution in [-0.2, 0) is 9.53 Å². The van der Waals surface area contributed by atoms with Gasteiger partial charge in [0, 0.05) is 13.2 Å². The van der Waals surface area contributed by atoms with Gasteiger partial charge >= 0.3 is 5.97 Å². The molecular formula is C9H17NO3. The van der Waals surface area contributed by atoms with E-state index in [1.165, 1.54) is 0 Å². The second-order valence-corrected chi connectivity index (χ2v) is 3.53. The third-order valence-corrected chi connectivity index (χ3v) is 2.65. The van der Waals surface area contributed by atoms with Crippen LogP contribution in [-0.4, -0.2) is 36.9 Å². The number of nitrogens with one attached hydrogen (secondary N) is 1. The molecule has 0 aromatic heterocycles. The molecule has 4 nitrogen and oxygen atoms in total. The molecule has 0 bridgehead atoms. The summed E-state index contributed by atoms with van der Waals surface area (Å²) in [5, 5.41) is 12.1. The van der Waals surface area contributed by atoms with Crippen molar-refractivity contribution < 1.29 is 14.6 Å². The molecule has 13 heavy (non-hydrogen) atoms. The molecule has 2 N–H and O–H groups in total. The summed E-state index contributed by atoms with van der Waals surface area (Å²) in [5.41, 5.74) is 0. The molecule has 1 rings (SSSR count). The second kappa shape index (κ2) is 4.58. The molecule has 76 valence electrons. The number of ether oxygens (including phenoxy) is 1. The molecule has 0 saturated carbocycles. The minimum Gasteiger partial charge on any atom is -0.481 e. The first-order valence-electron chi connectivity index (χ1n) is 4.65. The highest BCUT2D eigenvalue weighted by Gasteiger charge is 2.32. The fourth-order valence-electron chi connectivity index (χ4n) is 1.85. The Balaban J connectivity index is 2.54. The number of carboxylic acids is 1. The largest absolute Gasteiger partial charge is 0.481 e. The first-order chi connectivity index (χ1) is 6.16. The minimum atomic E-state index is -0.791. The predicted molar refractivity (Wildman–Crippen MR) is 48.6 cm³/mol. The number of rotatable bonds is 4. The lowest BCUT2D eigenvalue weighted by atomic mass is 9.97. The Hall–Kier alpha value is -0.610. The summed E-state index contributed by atoms with van der Waals surface area (Å²) in [4.78, 5) is 10.7. The van der Waals surface area contributed by atoms with Crippen LogP contribution in [0, 0.1) is 5.92 Å². The van der Waals surface area contributed by atoms with E-state index in [0.717, 1.165) is 19.4 Å². The molecule has 4 heteroatoms. The summed E-state index contributed by atoms with van der Waals surface area (Å²) >= 11 is 0. The van der Waals surface area contributed by atoms with E-state index in [2.05, 4.69) is 5.32 Å². The van der Waals surface area contributed by atoms with Crippen LogP contribution >= 0.6 is 0 Å². The highest BCUT2D eigenvalue weighted by Crippen LogP contribution is 2.18. The van der Waals surface area contributed by atoms with Crippen molar-refractivity contribution in [2.75, 3.05) is 13.7 Å². The van der Waals surface area contributed by atoms with Crippen molar-refractivity contribution in [3.05, 3.63) is 0 Å². The average molecular weight is 187 g/mol. The predicted octanol–water partition coefficient (Wildman–Crippen LogP) is 0.474. The molecule has 0 spiro atoms. The zero-order chi connectivity index (χ0) is 9.84. The highest BCUT2D eigenvalue weighted by molar-refractivity contribution is 5.70. The molecular weight excluding hydrogens is 170 g/mol. The van der Waals surface area contributed by atoms with Gasteiger partial charge in [0.2, 0.25) is 0 Å². The molecule has 0 amide bonds. The second-order valence-electron chi connectivity index (χ2n) is 3.53. The van der Waals surface area contributed by atoms with Gasteiger partial charge in [-0.05, 0) is 26.3 Å². The lowest BCUT2D eigenvalue weighted by Gasteiger charge is -2.25. The first kappa shape index (κ1) is 10.5. The van der Waals surface area contributed by atoms with E-state index < -0.39 is 11.9 Å². The monoisotopic (exact) mass is 187 g/mol. The van der Waals surface area contributed by atoms with E-state index >= 15 is 0 Å². The van der Waals surface area contributed by atoms with Gasteiger partial charge in [0.05, 0.1) is 12.0 Å². The maximum atomic E-state index is 10.7. The molecule has 1 fully saturated rings. The molecule has 1 aliphatic rings. The molecule has 1 saturated heterocycles. The third kappa shape index (κ3) is 2.42. The third-order valence-electron chi connectivity index (χ3n) is 2.65. The standard InChI is InChI=1S/C9H17NO3/c1-6(9(11)12)8(13-2)7-4-3-5-10-7/h6-8,10H,3-5H2,1-2H3,(H,11,12)/t6-,7-,8-/m1/s1. The van der Waals surface area contributed by atoms with Crippen molar-refractivity contribution in [3.63, 3.8) is 0 Å². The van der Waals surface area contributed by atoms with Gasteiger partial charge in [-0.2, -0.15) is 0 Å². The molecule has 0 radical (unpaired) electrons. The van der Waals surface area contributed by atoms with Crippen LogP contribution in [0.5, 0.6) is 0 Å². The van der Waals surface area contributed by atoms with Crippen LogP contribution in [0.3, 0.4) is 0 Å². The summed E-state index contributed by atoms with van der Waals surface area (Å²) in [6.07, 6.45) is 1.91. The normalized spacial score (nSPS) is 27.1. The Kier molecular flexibility index (Phi) is 3.69. The van der Waals surface area contributed by atoms with Crippen molar-refractivity contribution in [3.8, 4) is 0 Å². The summed E-state index contributed by atoms with van der Waals surface area (Å²) in [6, 6.07) is 0.205. The fourth-order valence-corrected chi connectivity index (χ4v) is 1.85. The summed E-state index contributed by atoms with van der Waals surface area (Å²) in [5.74, 6) is -1.24. The lowest BCUT2D eigenvalue weighted by Crippen LogP contribution is -2.43. The molecule has 0 aromatic carbocycles. The quantitative estimate of drug-likeness (QED) is 0.672. The van der Waals surface area contributed by atoms with Gasteiger partial charge in [0.1, 0.15) is 0 Å². The molecule has 0 aromatic rings. The van der Waals surface area contributed by atoms with Crippen molar-refractivity contribution in [2.24, 2.45) is 5.92 Å². The topological polar surface area (TPSA) is 58.6 Å². The number of hydrogen-bond acceptors (Lipinski definition) is 3. The van der Waals surface area contributed by atoms with Gasteiger partial charge < -0.3 is 15.2 Å². The Morgan fingerprint density at radius 3 is 2.77 bits per heavy atom. The van der Waals surface area contributed by atoms with Crippen LogP contribution < -0.4 is 5.32 Å². The fraction of sp³-hybridized carbons (Fsp3) is 0.889. The maximum Gasteiger partial charge on any atom is 0.308 e. The van der Waals surface area contributed by atoms with Crippen molar-refractivity contribution in [1.29, 1.82) is 0 Å². The zero-order valence-electron chi connectivity index (χ0n) is 8.12. The van der Waals surface area contributed by atoms with Crippen LogP contribution in [0.15, 0.2) is 0 Å². The van der Waals surface area contributed by atoms with Gasteiger partial charge in [0.25, 0.3) is 0 Å². The Morgan fingerprint density at radius 1 is 1.69 bits per heavy atom. The number of aliphatic carboxylic acids is 1. The van der Waals surface area contributed by atoms with Crippen LogP contribution in [0.1, 0.15) is 19.8 Å². The SMILES string of the molecule is CO[C@@H]([C@H]1CCCN1)[C@@H](C)C(=O)O. The Morgan fingerprint density at radius 2 is 2.38 bits per heavy atom. The van der Waals surface area contributed by atoms with E-state index in [9.17, 15) is 4.79 Å². The van der Waals surface area contributed by atoms with Gasteiger partial charge in [0.15, 0.2) is 0 Å². The molecule has 1 aliphatic heterocycles. The van der Waals surface area contributed by atoms with Crippen LogP contribution in [0.2, 0.25) is 0 Å². The molecule has 3 atom stereocenters. The van der Waals surface area contributed by atoms with Crippen molar-refractivity contribution >= 4 is 5.97 Å². The summed E-state index contributed by atoms with van der Waals surface area (Å²) in [6.45, 7) is 2.66. The zero-order valence-corrected chi connectivity index (χ0v) is 8.12. The van der Waals surface area contributed by atoms with E-state index in [1.807, 2.05) is 0 Å². The van der Waals surface area contributed by atoms with Gasteiger partial charge in [-0.3, -0.25) is 4.79 Å². The number of carbonyl (C=O) groups is 1. The highest BCUT2D eigenvalue weighted by atomic mass is 16.5. The van der Waals surface area contributed by atoms with E-state index in [0.29, 0.717) is 0 Å². The average Bonchev–Trinajstić information content (AvgIpc) is 2.58. The number of methoxy groups -OCH3 is 1. The van der Waals surface area contributed by atoms with Gasteiger partial charge in [-0.1, -0.05) is 0 Å². The van der Waals surface area contributed by atoms with Gasteiger partial charge in [-0.25, -0.2) is 0 Å². The molecule has 1 heterocycles. The van der Waals surface area contributed by atoms with Crippen LogP contribution in [0.25, 0.3) is 0 Å². The van der Waals surface area contributed by atoms with E-state index in [-0.39, 0.29) is 12.1 Å². The summed E-state index contributed by atoms with van der Waals surface area (Å²) < 4.78 is 5.21. The maximum absolute atomic E-state index is 10.7. The van der Waals surface area contributed by atoms with E-state index in [1.54, 1.807) is 14.0 Å². The molecule has 0 aliphatic carbocycles.